The van der Waals surface area contributed by atoms with E-state index in [4.69, 9.17) is 9.05 Å². The maximum absolute atomic E-state index is 12.3. The minimum absolute atomic E-state index is 0. The smallest absolute Gasteiger partial charge is 1.00 e. The van der Waals surface area contributed by atoms with Crippen molar-refractivity contribution in [1.29, 1.82) is 0 Å². The largest absolute Gasteiger partial charge is 1.00 e. The molecule has 0 radical (unpaired) electrons. The van der Waals surface area contributed by atoms with Crippen LogP contribution in [0.3, 0.4) is 0 Å². The van der Waals surface area contributed by atoms with Crippen molar-refractivity contribution in [3.05, 3.63) is 25.3 Å². The van der Waals surface area contributed by atoms with Crippen molar-refractivity contribution < 1.29 is 138 Å². The molecule has 1 N–H and O–H groups in total. The first-order valence-electron chi connectivity index (χ1n) is 6.34. The molecule has 128 valence electrons. The number of hydrogen-bond donors (Lipinski definition) is 1. The van der Waals surface area contributed by atoms with Gasteiger partial charge >= 0.3 is 118 Å². The molecule has 23 heavy (non-hydrogen) atoms. The molecule has 0 bridgehead atoms. The van der Waals surface area contributed by atoms with E-state index in [9.17, 15) is 14.0 Å². The summed E-state index contributed by atoms with van der Waals surface area (Å²) in [6.07, 6.45) is 3.24. The number of hydrogen-bond acceptors (Lipinski definition) is 7. The molecule has 12 heteroatoms. The van der Waals surface area contributed by atoms with Crippen molar-refractivity contribution in [2.24, 2.45) is 0 Å². The van der Waals surface area contributed by atoms with Gasteiger partial charge < -0.3 is 7.75 Å². The minimum Gasteiger partial charge on any atom is -1.00 e. The van der Waals surface area contributed by atoms with Crippen LogP contribution in [0.5, 0.6) is 0 Å². The second-order valence-electron chi connectivity index (χ2n) is 3.70. The average molecular weight is 423 g/mol. The van der Waals surface area contributed by atoms with Crippen LogP contribution in [0.1, 0.15) is 16.7 Å². The summed E-state index contributed by atoms with van der Waals surface area (Å²) in [5.74, 6) is 0. The zero-order valence-corrected chi connectivity index (χ0v) is 22.4. The van der Waals surface area contributed by atoms with Gasteiger partial charge in [0.1, 0.15) is 6.73 Å². The van der Waals surface area contributed by atoms with Gasteiger partial charge in [0.15, 0.2) is 0 Å². The fourth-order valence-electron chi connectivity index (χ4n) is 1.25. The number of phosphoric ester groups is 2. The number of phosphoric acid groups is 2. The first-order valence-corrected chi connectivity index (χ1v) is 9.30. The van der Waals surface area contributed by atoms with E-state index >= 15 is 0 Å². The van der Waals surface area contributed by atoms with Crippen molar-refractivity contribution in [3.8, 4) is 0 Å². The molecular formula is C11H25K2NO7P2. The second-order valence-corrected chi connectivity index (χ2v) is 6.96. The van der Waals surface area contributed by atoms with Crippen LogP contribution in [-0.2, 0) is 27.0 Å². The zero-order valence-electron chi connectivity index (χ0n) is 16.3. The molecule has 0 aliphatic rings. The summed E-state index contributed by atoms with van der Waals surface area (Å²) in [4.78, 5) is 11.1. The van der Waals surface area contributed by atoms with Crippen LogP contribution in [0, 0.1) is 0 Å². The van der Waals surface area contributed by atoms with Crippen molar-refractivity contribution >= 4 is 15.6 Å². The van der Waals surface area contributed by atoms with Gasteiger partial charge in [0.2, 0.25) is 0 Å². The molecule has 0 spiro atoms. The minimum atomic E-state index is -4.51. The summed E-state index contributed by atoms with van der Waals surface area (Å²) in [6, 6.07) is 0. The Kier molecular flexibility index (Phi) is 22.8. The topological polar surface area (TPSA) is 94.5 Å². The van der Waals surface area contributed by atoms with Gasteiger partial charge in [0.05, 0.1) is 13.2 Å². The van der Waals surface area contributed by atoms with Gasteiger partial charge in [-0.2, -0.15) is 4.31 Å². The Bertz CT molecular complexity index is 425. The monoisotopic (exact) mass is 423 g/mol. The SMILES string of the molecule is C=CCN(CC=C)COP(=O)(OCC)OP(=O)(O)OCC.[H-].[H-].[K+].[K+]. The first kappa shape index (κ1) is 30.7. The van der Waals surface area contributed by atoms with Gasteiger partial charge in [-0.15, -0.1) is 13.2 Å². The Balaban J connectivity index is -0.000000333. The summed E-state index contributed by atoms with van der Waals surface area (Å²) >= 11 is 0. The molecule has 0 aromatic carbocycles. The molecule has 0 aliphatic carbocycles. The molecule has 2 atom stereocenters. The average Bonchev–Trinajstić information content (AvgIpc) is 2.36. The van der Waals surface area contributed by atoms with Gasteiger partial charge in [0.25, 0.3) is 0 Å². The van der Waals surface area contributed by atoms with Gasteiger partial charge in [-0.1, -0.05) is 12.2 Å². The molecule has 0 fully saturated rings. The van der Waals surface area contributed by atoms with Crippen LogP contribution < -0.4 is 103 Å². The molecule has 0 aromatic heterocycles. The molecule has 0 heterocycles. The van der Waals surface area contributed by atoms with E-state index in [2.05, 4.69) is 22.0 Å². The van der Waals surface area contributed by atoms with Gasteiger partial charge in [-0.05, 0) is 13.8 Å². The maximum Gasteiger partial charge on any atom is 1.00 e. The van der Waals surface area contributed by atoms with E-state index in [-0.39, 0.29) is 126 Å². The molecule has 0 rings (SSSR count). The van der Waals surface area contributed by atoms with Gasteiger partial charge in [-0.3, -0.25) is 18.5 Å². The van der Waals surface area contributed by atoms with Crippen LogP contribution in [0.25, 0.3) is 0 Å². The predicted molar refractivity (Wildman–Crippen MR) is 81.9 cm³/mol. The molecule has 0 saturated heterocycles. The third-order valence-electron chi connectivity index (χ3n) is 1.96. The summed E-state index contributed by atoms with van der Waals surface area (Å²) in [6.45, 7) is 10.8. The van der Waals surface area contributed by atoms with E-state index in [1.54, 1.807) is 24.0 Å². The molecule has 0 amide bonds. The standard InChI is InChI=1S/C11H23NO7P2.2K.2H/c1-5-9-12(10-6-2)11-18-21(15,17-8-4)19-20(13,14)16-7-3;;;;/h5-6H,1-2,7-11H2,3-4H3,(H,13,14);;;;/q;2*+1;2*-1. The van der Waals surface area contributed by atoms with E-state index < -0.39 is 15.6 Å². The van der Waals surface area contributed by atoms with Crippen LogP contribution in [0.2, 0.25) is 0 Å². The Morgan fingerprint density at radius 1 is 1.04 bits per heavy atom. The number of rotatable bonds is 13. The fourth-order valence-corrected chi connectivity index (χ4v) is 3.85. The van der Waals surface area contributed by atoms with E-state index in [0.717, 1.165) is 0 Å². The molecule has 2 unspecified atom stereocenters. The third-order valence-corrected chi connectivity index (χ3v) is 5.17. The number of nitrogens with zero attached hydrogens (tertiary/aromatic N) is 1. The van der Waals surface area contributed by atoms with Gasteiger partial charge in [-0.25, -0.2) is 9.13 Å². The van der Waals surface area contributed by atoms with Crippen molar-refractivity contribution in [2.45, 2.75) is 13.8 Å². The van der Waals surface area contributed by atoms with Crippen LogP contribution in [-0.4, -0.2) is 42.8 Å². The van der Waals surface area contributed by atoms with E-state index in [1.807, 2.05) is 0 Å². The molecule has 0 aromatic rings. The summed E-state index contributed by atoms with van der Waals surface area (Å²) in [5.41, 5.74) is 0. The maximum atomic E-state index is 12.3. The second kappa shape index (κ2) is 17.1. The van der Waals surface area contributed by atoms with Crippen molar-refractivity contribution in [1.82, 2.24) is 4.90 Å². The van der Waals surface area contributed by atoms with Crippen LogP contribution >= 0.6 is 15.6 Å². The van der Waals surface area contributed by atoms with Crippen molar-refractivity contribution in [3.63, 3.8) is 0 Å². The van der Waals surface area contributed by atoms with E-state index in [1.165, 1.54) is 6.92 Å². The molecular weight excluding hydrogens is 398 g/mol. The summed E-state index contributed by atoms with van der Waals surface area (Å²) < 4.78 is 42.7. The third kappa shape index (κ3) is 15.7. The first-order chi connectivity index (χ1) is 9.82. The van der Waals surface area contributed by atoms with Crippen molar-refractivity contribution in [2.75, 3.05) is 33.0 Å². The van der Waals surface area contributed by atoms with Gasteiger partial charge in [0, 0.05) is 13.1 Å². The fraction of sp³-hybridized carbons (Fsp3) is 0.636. The Labute approximate surface area is 226 Å². The Morgan fingerprint density at radius 2 is 1.52 bits per heavy atom. The predicted octanol–water partition coefficient (Wildman–Crippen LogP) is -2.83. The Morgan fingerprint density at radius 3 is 1.91 bits per heavy atom. The van der Waals surface area contributed by atoms with E-state index in [0.29, 0.717) is 13.1 Å². The molecule has 0 saturated carbocycles. The quantitative estimate of drug-likeness (QED) is 0.147. The Hall–Kier alpha value is 2.97. The summed E-state index contributed by atoms with van der Waals surface area (Å²) in [5, 5.41) is 0. The molecule has 0 aliphatic heterocycles. The summed E-state index contributed by atoms with van der Waals surface area (Å²) in [7, 11) is -8.73. The normalized spacial score (nSPS) is 15.7. The van der Waals surface area contributed by atoms with Crippen LogP contribution in [0.4, 0.5) is 0 Å². The molecule has 8 nitrogen and oxygen atoms in total. The van der Waals surface area contributed by atoms with Crippen LogP contribution in [0.15, 0.2) is 25.3 Å². The zero-order chi connectivity index (χ0) is 16.4.